The van der Waals surface area contributed by atoms with Crippen molar-refractivity contribution in [2.45, 2.75) is 13.0 Å². The molecule has 0 amide bonds. The minimum Gasteiger partial charge on any atom is -0.359 e. The van der Waals surface area contributed by atoms with Crippen LogP contribution in [-0.4, -0.2) is 23.1 Å². The van der Waals surface area contributed by atoms with Crippen LogP contribution >= 0.6 is 12.2 Å². The first kappa shape index (κ1) is 14.2. The van der Waals surface area contributed by atoms with Crippen LogP contribution in [0.1, 0.15) is 12.0 Å². The molecule has 0 atom stereocenters. The van der Waals surface area contributed by atoms with Gasteiger partial charge in [-0.1, -0.05) is 36.4 Å². The first-order valence-corrected chi connectivity index (χ1v) is 6.23. The monoisotopic (exact) mass is 259 g/mol. The minimum atomic E-state index is 0.461. The van der Waals surface area contributed by atoms with Crippen molar-refractivity contribution in [3.8, 4) is 6.07 Å². The van der Waals surface area contributed by atoms with E-state index in [9.17, 15) is 0 Å². The Morgan fingerprint density at radius 1 is 1.44 bits per heavy atom. The summed E-state index contributed by atoms with van der Waals surface area (Å²) in [5, 5.41) is 12.4. The summed E-state index contributed by atoms with van der Waals surface area (Å²) in [6, 6.07) is 12.2. The molecule has 0 saturated carbocycles. The summed E-state index contributed by atoms with van der Waals surface area (Å²) < 4.78 is 0. The lowest BCUT2D eigenvalue weighted by Gasteiger charge is -2.24. The molecule has 0 radical (unpaired) electrons. The smallest absolute Gasteiger partial charge is 0.169 e. The number of thiocarbonyl (C=S) groups is 1. The van der Waals surface area contributed by atoms with Crippen molar-refractivity contribution in [1.29, 1.82) is 5.26 Å². The first-order valence-electron chi connectivity index (χ1n) is 5.82. The number of nitriles is 1. The Balaban J connectivity index is 2.63. The van der Waals surface area contributed by atoms with Crippen molar-refractivity contribution in [1.82, 2.24) is 10.2 Å². The molecule has 0 aliphatic carbocycles. The molecule has 0 bridgehead atoms. The van der Waals surface area contributed by atoms with Gasteiger partial charge in [0.2, 0.25) is 0 Å². The second kappa shape index (κ2) is 8.26. The zero-order chi connectivity index (χ0) is 13.2. The second-order valence-corrected chi connectivity index (χ2v) is 4.18. The van der Waals surface area contributed by atoms with Gasteiger partial charge in [0.25, 0.3) is 0 Å². The van der Waals surface area contributed by atoms with E-state index in [-0.39, 0.29) is 0 Å². The van der Waals surface area contributed by atoms with Crippen molar-refractivity contribution in [2.75, 3.05) is 13.1 Å². The molecule has 0 fully saturated rings. The van der Waals surface area contributed by atoms with Crippen LogP contribution in [0.25, 0.3) is 0 Å². The topological polar surface area (TPSA) is 39.1 Å². The molecule has 1 rings (SSSR count). The van der Waals surface area contributed by atoms with Gasteiger partial charge in [-0.15, -0.1) is 6.58 Å². The van der Waals surface area contributed by atoms with E-state index in [4.69, 9.17) is 17.5 Å². The SMILES string of the molecule is C=CCNC(=S)N(CCC#N)Cc1ccccc1. The van der Waals surface area contributed by atoms with Gasteiger partial charge in [-0.05, 0) is 17.8 Å². The molecule has 0 aliphatic heterocycles. The molecule has 0 heterocycles. The van der Waals surface area contributed by atoms with Gasteiger partial charge in [-0.2, -0.15) is 5.26 Å². The molecule has 0 saturated heterocycles. The van der Waals surface area contributed by atoms with Crippen LogP contribution in [0.4, 0.5) is 0 Å². The van der Waals surface area contributed by atoms with Gasteiger partial charge in [0.1, 0.15) is 0 Å². The van der Waals surface area contributed by atoms with E-state index in [2.05, 4.69) is 30.1 Å². The molecule has 0 aromatic heterocycles. The fraction of sp³-hybridized carbons (Fsp3) is 0.286. The predicted octanol–water partition coefficient (Wildman–Crippen LogP) is 2.46. The quantitative estimate of drug-likeness (QED) is 0.629. The lowest BCUT2D eigenvalue weighted by Crippen LogP contribution is -2.39. The Kier molecular flexibility index (Phi) is 6.52. The Morgan fingerprint density at radius 3 is 2.78 bits per heavy atom. The van der Waals surface area contributed by atoms with Crippen LogP contribution in [0.15, 0.2) is 43.0 Å². The molecule has 0 unspecified atom stereocenters. The maximum absolute atomic E-state index is 8.68. The maximum Gasteiger partial charge on any atom is 0.169 e. The van der Waals surface area contributed by atoms with Crippen LogP contribution in [0.2, 0.25) is 0 Å². The average Bonchev–Trinajstić information content (AvgIpc) is 2.42. The van der Waals surface area contributed by atoms with Crippen LogP contribution in [-0.2, 0) is 6.54 Å². The number of rotatable bonds is 6. The zero-order valence-electron chi connectivity index (χ0n) is 10.3. The van der Waals surface area contributed by atoms with E-state index in [1.54, 1.807) is 6.08 Å². The summed E-state index contributed by atoms with van der Waals surface area (Å²) in [6.45, 7) is 5.63. The van der Waals surface area contributed by atoms with E-state index >= 15 is 0 Å². The normalized spacial score (nSPS) is 9.28. The number of nitrogens with one attached hydrogen (secondary N) is 1. The molecule has 1 N–H and O–H groups in total. The number of nitrogens with zero attached hydrogens (tertiary/aromatic N) is 2. The highest BCUT2D eigenvalue weighted by molar-refractivity contribution is 7.80. The first-order chi connectivity index (χ1) is 8.77. The van der Waals surface area contributed by atoms with E-state index in [1.807, 2.05) is 23.1 Å². The van der Waals surface area contributed by atoms with E-state index < -0.39 is 0 Å². The van der Waals surface area contributed by atoms with Crippen molar-refractivity contribution < 1.29 is 0 Å². The summed E-state index contributed by atoms with van der Waals surface area (Å²) in [5.74, 6) is 0. The third-order valence-corrected chi connectivity index (χ3v) is 2.80. The molecule has 0 spiro atoms. The third-order valence-electron chi connectivity index (χ3n) is 2.39. The number of hydrogen-bond acceptors (Lipinski definition) is 2. The highest BCUT2D eigenvalue weighted by Gasteiger charge is 2.08. The largest absolute Gasteiger partial charge is 0.359 e. The molecule has 18 heavy (non-hydrogen) atoms. The van der Waals surface area contributed by atoms with Gasteiger partial charge in [0.15, 0.2) is 5.11 Å². The number of hydrogen-bond donors (Lipinski definition) is 1. The van der Waals surface area contributed by atoms with E-state index in [1.165, 1.54) is 5.56 Å². The molecule has 94 valence electrons. The second-order valence-electron chi connectivity index (χ2n) is 3.79. The van der Waals surface area contributed by atoms with Crippen LogP contribution < -0.4 is 5.32 Å². The van der Waals surface area contributed by atoms with Crippen molar-refractivity contribution in [2.24, 2.45) is 0 Å². The summed E-state index contributed by atoms with van der Waals surface area (Å²) in [5.41, 5.74) is 1.18. The van der Waals surface area contributed by atoms with Gasteiger partial charge in [0, 0.05) is 19.6 Å². The third kappa shape index (κ3) is 4.98. The molecule has 3 nitrogen and oxygen atoms in total. The van der Waals surface area contributed by atoms with Gasteiger partial charge < -0.3 is 10.2 Å². The average molecular weight is 259 g/mol. The standard InChI is InChI=1S/C14H17N3S/c1-2-10-16-14(18)17(11-6-9-15)12-13-7-4-3-5-8-13/h2-5,7-8H,1,6,10-12H2,(H,16,18). The van der Waals surface area contributed by atoms with Gasteiger partial charge in [-0.25, -0.2) is 0 Å². The fourth-order valence-electron chi connectivity index (χ4n) is 1.51. The van der Waals surface area contributed by atoms with Crippen LogP contribution in [0.3, 0.4) is 0 Å². The Hall–Kier alpha value is -1.86. The summed E-state index contributed by atoms with van der Waals surface area (Å²) >= 11 is 5.31. The van der Waals surface area contributed by atoms with Crippen LogP contribution in [0.5, 0.6) is 0 Å². The Labute approximate surface area is 114 Å². The zero-order valence-corrected chi connectivity index (χ0v) is 11.1. The fourth-order valence-corrected chi connectivity index (χ4v) is 1.75. The molecular weight excluding hydrogens is 242 g/mol. The van der Waals surface area contributed by atoms with Crippen molar-refractivity contribution in [3.63, 3.8) is 0 Å². The molecular formula is C14H17N3S. The summed E-state index contributed by atoms with van der Waals surface area (Å²) in [4.78, 5) is 2.00. The highest BCUT2D eigenvalue weighted by Crippen LogP contribution is 2.05. The highest BCUT2D eigenvalue weighted by atomic mass is 32.1. The molecule has 1 aromatic carbocycles. The van der Waals surface area contributed by atoms with E-state index in [0.29, 0.717) is 31.2 Å². The molecule has 1 aromatic rings. The van der Waals surface area contributed by atoms with E-state index in [0.717, 1.165) is 0 Å². The molecule has 4 heteroatoms. The Bertz CT molecular complexity index is 422. The van der Waals surface area contributed by atoms with Gasteiger partial charge >= 0.3 is 0 Å². The Morgan fingerprint density at radius 2 is 2.17 bits per heavy atom. The van der Waals surface area contributed by atoms with Crippen LogP contribution in [0, 0.1) is 11.3 Å². The minimum absolute atomic E-state index is 0.461. The maximum atomic E-state index is 8.68. The lowest BCUT2D eigenvalue weighted by molar-refractivity contribution is 0.416. The predicted molar refractivity (Wildman–Crippen MR) is 77.9 cm³/mol. The lowest BCUT2D eigenvalue weighted by atomic mass is 10.2. The van der Waals surface area contributed by atoms with Gasteiger partial charge in [0.05, 0.1) is 12.5 Å². The number of benzene rings is 1. The summed E-state index contributed by atoms with van der Waals surface area (Å²) in [7, 11) is 0. The van der Waals surface area contributed by atoms with Crippen molar-refractivity contribution >= 4 is 17.3 Å². The van der Waals surface area contributed by atoms with Crippen molar-refractivity contribution in [3.05, 3.63) is 48.6 Å². The van der Waals surface area contributed by atoms with Gasteiger partial charge in [-0.3, -0.25) is 0 Å². The molecule has 0 aliphatic rings. The summed E-state index contributed by atoms with van der Waals surface area (Å²) in [6.07, 6.45) is 2.22.